The van der Waals surface area contributed by atoms with Crippen LogP contribution in [-0.4, -0.2) is 31.5 Å². The van der Waals surface area contributed by atoms with E-state index in [2.05, 4.69) is 14.5 Å². The first-order valence-electron chi connectivity index (χ1n) is 6.08. The quantitative estimate of drug-likeness (QED) is 0.629. The maximum Gasteiger partial charge on any atom is 0.264 e. The molecule has 0 saturated carbocycles. The summed E-state index contributed by atoms with van der Waals surface area (Å²) in [5, 5.41) is 2.16. The number of hydrogen-bond acceptors (Lipinski definition) is 6. The van der Waals surface area contributed by atoms with Crippen molar-refractivity contribution in [1.82, 2.24) is 10.3 Å². The molecule has 1 aromatic heterocycles. The third-order valence-corrected chi connectivity index (χ3v) is 3.52. The highest BCUT2D eigenvalue weighted by molar-refractivity contribution is 7.85. The maximum absolute atomic E-state index is 13.9. The number of carbonyl (C=O) groups is 2. The average molecular weight is 316 g/mol. The number of hydrogen-bond donors (Lipinski definition) is 1. The van der Waals surface area contributed by atoms with Crippen LogP contribution in [-0.2, 0) is 30.5 Å². The Morgan fingerprint density at radius 3 is 2.76 bits per heavy atom. The molecule has 21 heavy (non-hydrogen) atoms. The summed E-state index contributed by atoms with van der Waals surface area (Å²) in [5.41, 5.74) is 0.164. The highest BCUT2D eigenvalue weighted by Gasteiger charge is 2.29. The standard InChI is InChI=1S/C12H13FN2O5S/c1-21(18,19)20-6-7-5-14-10(4-9(7)13)8-2-3-11(16)15-12(8)17/h4-5,8H,2-3,6H2,1H3,(H,15,16,17). The molecule has 2 amide bonds. The first kappa shape index (κ1) is 15.5. The Balaban J connectivity index is 2.15. The van der Waals surface area contributed by atoms with Crippen LogP contribution in [0.4, 0.5) is 4.39 Å². The molecule has 1 N–H and O–H groups in total. The lowest BCUT2D eigenvalue weighted by Crippen LogP contribution is -2.39. The van der Waals surface area contributed by atoms with Crippen molar-refractivity contribution in [2.24, 2.45) is 0 Å². The van der Waals surface area contributed by atoms with Gasteiger partial charge in [-0.05, 0) is 12.5 Å². The first-order chi connectivity index (χ1) is 9.76. The van der Waals surface area contributed by atoms with Gasteiger partial charge < -0.3 is 0 Å². The molecule has 0 aliphatic carbocycles. The summed E-state index contributed by atoms with van der Waals surface area (Å²) in [6, 6.07) is 1.06. The fourth-order valence-corrected chi connectivity index (χ4v) is 2.26. The third kappa shape index (κ3) is 4.05. The second-order valence-corrected chi connectivity index (χ2v) is 6.31. The molecule has 1 aliphatic heterocycles. The van der Waals surface area contributed by atoms with Crippen LogP contribution in [0.1, 0.15) is 30.0 Å². The highest BCUT2D eigenvalue weighted by atomic mass is 32.2. The highest BCUT2D eigenvalue weighted by Crippen LogP contribution is 2.24. The largest absolute Gasteiger partial charge is 0.296 e. The van der Waals surface area contributed by atoms with E-state index >= 15 is 0 Å². The predicted octanol–water partition coefficient (Wildman–Crippen LogP) is 0.217. The molecule has 0 bridgehead atoms. The number of nitrogens with one attached hydrogen (secondary N) is 1. The Labute approximate surface area is 120 Å². The molecule has 0 aromatic carbocycles. The molecule has 9 heteroatoms. The van der Waals surface area contributed by atoms with E-state index in [0.717, 1.165) is 18.5 Å². The number of rotatable bonds is 4. The zero-order chi connectivity index (χ0) is 15.6. The van der Waals surface area contributed by atoms with Crippen molar-refractivity contribution in [3.8, 4) is 0 Å². The zero-order valence-electron chi connectivity index (χ0n) is 11.1. The van der Waals surface area contributed by atoms with Crippen LogP contribution in [0.25, 0.3) is 0 Å². The normalized spacial score (nSPS) is 19.4. The number of aromatic nitrogens is 1. The lowest BCUT2D eigenvalue weighted by molar-refractivity contribution is -0.134. The molecular weight excluding hydrogens is 303 g/mol. The molecule has 0 radical (unpaired) electrons. The molecule has 7 nitrogen and oxygen atoms in total. The minimum Gasteiger partial charge on any atom is -0.296 e. The number of amides is 2. The molecule has 2 heterocycles. The Morgan fingerprint density at radius 1 is 1.48 bits per heavy atom. The Kier molecular flexibility index (Phi) is 4.33. The van der Waals surface area contributed by atoms with Gasteiger partial charge in [0.25, 0.3) is 10.1 Å². The summed E-state index contributed by atoms with van der Waals surface area (Å²) < 4.78 is 40.1. The minimum atomic E-state index is -3.68. The fraction of sp³-hybridized carbons (Fsp3) is 0.417. The maximum atomic E-state index is 13.9. The smallest absolute Gasteiger partial charge is 0.264 e. The van der Waals surface area contributed by atoms with Crippen LogP contribution >= 0.6 is 0 Å². The van der Waals surface area contributed by atoms with Crippen molar-refractivity contribution < 1.29 is 26.6 Å². The molecule has 1 saturated heterocycles. The van der Waals surface area contributed by atoms with E-state index in [-0.39, 0.29) is 30.0 Å². The topological polar surface area (TPSA) is 102 Å². The SMILES string of the molecule is CS(=O)(=O)OCc1cnc(C2CCC(=O)NC2=O)cc1F. The van der Waals surface area contributed by atoms with Gasteiger partial charge in [-0.25, -0.2) is 4.39 Å². The number of carbonyl (C=O) groups excluding carboxylic acids is 2. The van der Waals surface area contributed by atoms with Crippen LogP contribution in [0.2, 0.25) is 0 Å². The van der Waals surface area contributed by atoms with Crippen LogP contribution in [0.15, 0.2) is 12.3 Å². The van der Waals surface area contributed by atoms with Gasteiger partial charge in [-0.1, -0.05) is 0 Å². The molecule has 1 atom stereocenters. The molecule has 1 unspecified atom stereocenters. The second-order valence-electron chi connectivity index (χ2n) is 4.67. The Bertz CT molecular complexity index is 689. The number of imide groups is 1. The minimum absolute atomic E-state index is 0.0310. The molecule has 1 aliphatic rings. The fourth-order valence-electron chi connectivity index (χ4n) is 1.92. The van der Waals surface area contributed by atoms with E-state index in [1.807, 2.05) is 0 Å². The van der Waals surface area contributed by atoms with Gasteiger partial charge in [-0.2, -0.15) is 8.42 Å². The number of halogens is 1. The van der Waals surface area contributed by atoms with Gasteiger partial charge >= 0.3 is 0 Å². The second kappa shape index (κ2) is 5.86. The Morgan fingerprint density at radius 2 is 2.19 bits per heavy atom. The Hall–Kier alpha value is -1.87. The molecule has 2 rings (SSSR count). The van der Waals surface area contributed by atoms with Gasteiger partial charge in [-0.3, -0.25) is 24.1 Å². The lowest BCUT2D eigenvalue weighted by atomic mass is 9.94. The van der Waals surface area contributed by atoms with Crippen molar-refractivity contribution in [2.75, 3.05) is 6.26 Å². The van der Waals surface area contributed by atoms with Gasteiger partial charge in [0.2, 0.25) is 11.8 Å². The molecular formula is C12H13FN2O5S. The van der Waals surface area contributed by atoms with Gasteiger partial charge in [0.1, 0.15) is 5.82 Å². The van der Waals surface area contributed by atoms with E-state index in [1.54, 1.807) is 0 Å². The number of piperidine rings is 1. The third-order valence-electron chi connectivity index (χ3n) is 2.98. The summed E-state index contributed by atoms with van der Waals surface area (Å²) in [6.45, 7) is -0.465. The lowest BCUT2D eigenvalue weighted by Gasteiger charge is -2.20. The molecule has 1 aromatic rings. The van der Waals surface area contributed by atoms with Crippen LogP contribution < -0.4 is 5.32 Å². The predicted molar refractivity (Wildman–Crippen MR) is 69.0 cm³/mol. The molecule has 114 valence electrons. The van der Waals surface area contributed by atoms with Gasteiger partial charge in [0, 0.05) is 18.2 Å². The summed E-state index contributed by atoms with van der Waals surface area (Å²) in [4.78, 5) is 26.7. The van der Waals surface area contributed by atoms with Crippen molar-refractivity contribution >= 4 is 21.9 Å². The molecule has 0 spiro atoms. The van der Waals surface area contributed by atoms with E-state index in [0.29, 0.717) is 0 Å². The van der Waals surface area contributed by atoms with Crippen molar-refractivity contribution in [2.45, 2.75) is 25.4 Å². The van der Waals surface area contributed by atoms with E-state index in [4.69, 9.17) is 0 Å². The van der Waals surface area contributed by atoms with Gasteiger partial charge in [-0.15, -0.1) is 0 Å². The van der Waals surface area contributed by atoms with E-state index in [1.165, 1.54) is 0 Å². The number of nitrogens with zero attached hydrogens (tertiary/aromatic N) is 1. The zero-order valence-corrected chi connectivity index (χ0v) is 11.9. The number of pyridine rings is 1. The van der Waals surface area contributed by atoms with Gasteiger partial charge in [0.05, 0.1) is 24.5 Å². The van der Waals surface area contributed by atoms with Crippen molar-refractivity contribution in [3.63, 3.8) is 0 Å². The van der Waals surface area contributed by atoms with E-state index < -0.39 is 34.4 Å². The van der Waals surface area contributed by atoms with Crippen LogP contribution in [0, 0.1) is 5.82 Å². The summed E-state index contributed by atoms with van der Waals surface area (Å²) in [6.07, 6.45) is 2.41. The van der Waals surface area contributed by atoms with Crippen molar-refractivity contribution in [1.29, 1.82) is 0 Å². The average Bonchev–Trinajstić information content (AvgIpc) is 2.36. The van der Waals surface area contributed by atoms with E-state index in [9.17, 15) is 22.4 Å². The van der Waals surface area contributed by atoms with Crippen molar-refractivity contribution in [3.05, 3.63) is 29.3 Å². The van der Waals surface area contributed by atoms with Crippen LogP contribution in [0.5, 0.6) is 0 Å². The van der Waals surface area contributed by atoms with Crippen LogP contribution in [0.3, 0.4) is 0 Å². The summed E-state index contributed by atoms with van der Waals surface area (Å²) in [5.74, 6) is -2.29. The first-order valence-corrected chi connectivity index (χ1v) is 7.90. The summed E-state index contributed by atoms with van der Waals surface area (Å²) >= 11 is 0. The monoisotopic (exact) mass is 316 g/mol. The van der Waals surface area contributed by atoms with Gasteiger partial charge in [0.15, 0.2) is 0 Å². The summed E-state index contributed by atoms with van der Waals surface area (Å²) in [7, 11) is -3.68. The molecule has 1 fully saturated rings.